The van der Waals surface area contributed by atoms with E-state index < -0.39 is 6.04 Å². The number of aromatic nitrogens is 2. The Morgan fingerprint density at radius 3 is 2.88 bits per heavy atom. The molecule has 32 heavy (non-hydrogen) atoms. The van der Waals surface area contributed by atoms with Gasteiger partial charge in [0, 0.05) is 42.0 Å². The van der Waals surface area contributed by atoms with Crippen LogP contribution in [0.25, 0.3) is 10.9 Å². The number of aromatic amines is 1. The van der Waals surface area contributed by atoms with E-state index in [9.17, 15) is 10.1 Å². The molecule has 2 atom stereocenters. The number of nitrogens with zero attached hydrogens (tertiary/aromatic N) is 3. The Hall–Kier alpha value is -3.95. The van der Waals surface area contributed by atoms with Crippen LogP contribution in [0.5, 0.6) is 0 Å². The molecule has 6 heteroatoms. The molecule has 0 spiro atoms. The summed E-state index contributed by atoms with van der Waals surface area (Å²) >= 11 is 0. The number of benzene rings is 2. The molecule has 0 bridgehead atoms. The summed E-state index contributed by atoms with van der Waals surface area (Å²) in [6.07, 6.45) is 4.13. The molecule has 0 radical (unpaired) electrons. The number of pyridine rings is 1. The molecule has 4 aromatic rings. The summed E-state index contributed by atoms with van der Waals surface area (Å²) < 4.78 is 5.23. The Morgan fingerprint density at radius 2 is 2.09 bits per heavy atom. The molecular weight excluding hydrogens is 400 g/mol. The average Bonchev–Trinajstić information content (AvgIpc) is 3.22. The zero-order valence-electron chi connectivity index (χ0n) is 17.7. The number of fused-ring (bicyclic) bond motifs is 3. The maximum absolute atomic E-state index is 13.0. The molecule has 1 aliphatic heterocycles. The molecule has 2 aromatic carbocycles. The molecule has 2 aromatic heterocycles. The van der Waals surface area contributed by atoms with Gasteiger partial charge in [-0.15, -0.1) is 0 Å². The van der Waals surface area contributed by atoms with Crippen LogP contribution < -0.4 is 0 Å². The van der Waals surface area contributed by atoms with Gasteiger partial charge in [0.05, 0.1) is 24.8 Å². The van der Waals surface area contributed by atoms with Crippen molar-refractivity contribution in [1.82, 2.24) is 14.9 Å². The summed E-state index contributed by atoms with van der Waals surface area (Å²) in [6, 6.07) is 21.1. The fraction of sp³-hybridized carbons (Fsp3) is 0.192. The van der Waals surface area contributed by atoms with Crippen LogP contribution in [0.2, 0.25) is 0 Å². The van der Waals surface area contributed by atoms with Crippen molar-refractivity contribution in [3.05, 3.63) is 101 Å². The highest BCUT2D eigenvalue weighted by molar-refractivity contribution is 5.87. The van der Waals surface area contributed by atoms with Gasteiger partial charge in [0.1, 0.15) is 6.04 Å². The fourth-order valence-electron chi connectivity index (χ4n) is 4.73. The molecular formula is C26H22N4O2. The maximum Gasteiger partial charge on any atom is 0.323 e. The van der Waals surface area contributed by atoms with Crippen LogP contribution in [0.4, 0.5) is 0 Å². The highest BCUT2D eigenvalue weighted by atomic mass is 16.5. The third-order valence-electron chi connectivity index (χ3n) is 6.14. The summed E-state index contributed by atoms with van der Waals surface area (Å²) in [4.78, 5) is 23.1. The molecule has 1 N–H and O–H groups in total. The van der Waals surface area contributed by atoms with Crippen molar-refractivity contribution in [2.75, 3.05) is 7.11 Å². The second kappa shape index (κ2) is 8.29. The average molecular weight is 422 g/mol. The van der Waals surface area contributed by atoms with Gasteiger partial charge in [0.15, 0.2) is 0 Å². The molecule has 1 unspecified atom stereocenters. The topological polar surface area (TPSA) is 82.0 Å². The number of carbonyl (C=O) groups is 1. The molecule has 0 saturated heterocycles. The van der Waals surface area contributed by atoms with Crippen molar-refractivity contribution in [3.63, 3.8) is 0 Å². The number of methoxy groups -OCH3 is 1. The van der Waals surface area contributed by atoms with E-state index >= 15 is 0 Å². The first-order valence-electron chi connectivity index (χ1n) is 10.5. The molecule has 3 heterocycles. The quantitative estimate of drug-likeness (QED) is 0.500. The fourth-order valence-corrected chi connectivity index (χ4v) is 4.73. The van der Waals surface area contributed by atoms with E-state index in [1.54, 1.807) is 12.3 Å². The minimum atomic E-state index is -0.470. The van der Waals surface area contributed by atoms with Crippen molar-refractivity contribution >= 4 is 16.9 Å². The van der Waals surface area contributed by atoms with E-state index in [2.05, 4.69) is 33.1 Å². The SMILES string of the molecule is COC(=O)[C@H]1Cc2c([nH]c3ccccc23)C(c2cccnc2)N1Cc1cccc(C#N)c1. The normalized spacial score (nSPS) is 18.1. The molecule has 0 saturated carbocycles. The molecule has 1 aliphatic rings. The highest BCUT2D eigenvalue weighted by Gasteiger charge is 2.41. The van der Waals surface area contributed by atoms with Crippen LogP contribution in [0.3, 0.4) is 0 Å². The molecule has 5 rings (SSSR count). The predicted molar refractivity (Wildman–Crippen MR) is 121 cm³/mol. The zero-order valence-corrected chi connectivity index (χ0v) is 17.7. The third kappa shape index (κ3) is 3.43. The van der Waals surface area contributed by atoms with E-state index in [-0.39, 0.29) is 12.0 Å². The number of nitrogens with one attached hydrogen (secondary N) is 1. The minimum Gasteiger partial charge on any atom is -0.468 e. The van der Waals surface area contributed by atoms with Gasteiger partial charge in [-0.2, -0.15) is 5.26 Å². The molecule has 0 aliphatic carbocycles. The summed E-state index contributed by atoms with van der Waals surface area (Å²) in [5, 5.41) is 10.5. The zero-order chi connectivity index (χ0) is 22.1. The molecule has 0 fully saturated rings. The van der Waals surface area contributed by atoms with Crippen LogP contribution in [-0.4, -0.2) is 34.0 Å². The van der Waals surface area contributed by atoms with Crippen LogP contribution in [0, 0.1) is 11.3 Å². The Morgan fingerprint density at radius 1 is 1.22 bits per heavy atom. The first kappa shape index (κ1) is 20.0. The van der Waals surface area contributed by atoms with Crippen molar-refractivity contribution in [2.24, 2.45) is 0 Å². The lowest BCUT2D eigenvalue weighted by Gasteiger charge is -2.40. The van der Waals surface area contributed by atoms with E-state index in [1.165, 1.54) is 7.11 Å². The lowest BCUT2D eigenvalue weighted by Crippen LogP contribution is -2.48. The van der Waals surface area contributed by atoms with Gasteiger partial charge in [0.2, 0.25) is 0 Å². The number of hydrogen-bond acceptors (Lipinski definition) is 5. The number of hydrogen-bond donors (Lipinski definition) is 1. The second-order valence-corrected chi connectivity index (χ2v) is 7.98. The first-order chi connectivity index (χ1) is 15.7. The Kier molecular flexibility index (Phi) is 5.18. The van der Waals surface area contributed by atoms with Crippen LogP contribution in [-0.2, 0) is 22.5 Å². The monoisotopic (exact) mass is 422 g/mol. The Labute approximate surface area is 186 Å². The van der Waals surface area contributed by atoms with Crippen molar-refractivity contribution < 1.29 is 9.53 Å². The highest BCUT2D eigenvalue weighted by Crippen LogP contribution is 2.41. The van der Waals surface area contributed by atoms with Crippen LogP contribution in [0.1, 0.15) is 34.0 Å². The molecule has 6 nitrogen and oxygen atoms in total. The number of nitriles is 1. The van der Waals surface area contributed by atoms with Gasteiger partial charge in [-0.3, -0.25) is 14.7 Å². The Bertz CT molecular complexity index is 1320. The number of ether oxygens (including phenoxy) is 1. The number of esters is 1. The van der Waals surface area contributed by atoms with Crippen molar-refractivity contribution in [3.8, 4) is 6.07 Å². The first-order valence-corrected chi connectivity index (χ1v) is 10.5. The largest absolute Gasteiger partial charge is 0.468 e. The van der Waals surface area contributed by atoms with E-state index in [0.717, 1.165) is 33.3 Å². The second-order valence-electron chi connectivity index (χ2n) is 7.98. The van der Waals surface area contributed by atoms with Gasteiger partial charge in [-0.05, 0) is 41.0 Å². The summed E-state index contributed by atoms with van der Waals surface area (Å²) in [6.45, 7) is 0.490. The standard InChI is InChI=1S/C26H22N4O2/c1-32-26(31)23-13-21-20-9-2-3-10-22(20)29-24(21)25(19-8-5-11-28-15-19)30(23)16-18-7-4-6-17(12-18)14-27/h2-12,15,23,25,29H,13,16H2,1H3/t23-,25?/m1/s1. The lowest BCUT2D eigenvalue weighted by molar-refractivity contribution is -0.148. The minimum absolute atomic E-state index is 0.213. The van der Waals surface area contributed by atoms with Crippen LogP contribution >= 0.6 is 0 Å². The van der Waals surface area contributed by atoms with E-state index in [0.29, 0.717) is 18.5 Å². The molecule has 0 amide bonds. The van der Waals surface area contributed by atoms with Gasteiger partial charge in [0.25, 0.3) is 0 Å². The smallest absolute Gasteiger partial charge is 0.323 e. The van der Waals surface area contributed by atoms with Crippen molar-refractivity contribution in [1.29, 1.82) is 5.26 Å². The lowest BCUT2D eigenvalue weighted by atomic mass is 9.88. The summed E-state index contributed by atoms with van der Waals surface area (Å²) in [5.74, 6) is -0.272. The molecule has 158 valence electrons. The van der Waals surface area contributed by atoms with Gasteiger partial charge < -0.3 is 9.72 Å². The van der Waals surface area contributed by atoms with Gasteiger partial charge in [-0.25, -0.2) is 0 Å². The van der Waals surface area contributed by atoms with E-state index in [4.69, 9.17) is 4.74 Å². The van der Waals surface area contributed by atoms with Crippen molar-refractivity contribution in [2.45, 2.75) is 25.0 Å². The van der Waals surface area contributed by atoms with Crippen LogP contribution in [0.15, 0.2) is 73.1 Å². The Balaban J connectivity index is 1.70. The third-order valence-corrected chi connectivity index (χ3v) is 6.14. The number of H-pyrrole nitrogens is 1. The van der Waals surface area contributed by atoms with Gasteiger partial charge >= 0.3 is 5.97 Å². The number of carbonyl (C=O) groups excluding carboxylic acids is 1. The summed E-state index contributed by atoms with van der Waals surface area (Å²) in [7, 11) is 1.43. The predicted octanol–water partition coefficient (Wildman–Crippen LogP) is 4.12. The number of para-hydroxylation sites is 1. The number of rotatable bonds is 4. The van der Waals surface area contributed by atoms with Gasteiger partial charge in [-0.1, -0.05) is 36.4 Å². The van der Waals surface area contributed by atoms with E-state index in [1.807, 2.05) is 48.7 Å². The summed E-state index contributed by atoms with van der Waals surface area (Å²) in [5.41, 5.74) is 5.79. The maximum atomic E-state index is 13.0.